The molecule has 57 heavy (non-hydrogen) atoms. The zero-order valence-electron chi connectivity index (χ0n) is 37.1. The second-order valence-electron chi connectivity index (χ2n) is 15.3. The van der Waals surface area contributed by atoms with Crippen LogP contribution in [-0.2, 0) is 28.6 Å². The van der Waals surface area contributed by atoms with Gasteiger partial charge in [-0.15, -0.1) is 0 Å². The summed E-state index contributed by atoms with van der Waals surface area (Å²) in [5.41, 5.74) is 0. The van der Waals surface area contributed by atoms with Crippen LogP contribution in [0.3, 0.4) is 0 Å². The normalized spacial score (nSPS) is 12.7. The molecule has 0 aromatic carbocycles. The van der Waals surface area contributed by atoms with E-state index in [1.807, 2.05) is 0 Å². The molecule has 1 unspecified atom stereocenters. The van der Waals surface area contributed by atoms with Crippen LogP contribution in [-0.4, -0.2) is 37.2 Å². The highest BCUT2D eigenvalue weighted by Crippen LogP contribution is 2.13. The maximum Gasteiger partial charge on any atom is 0.306 e. The molecule has 6 heteroatoms. The maximum absolute atomic E-state index is 12.7. The monoisotopic (exact) mass is 795 g/mol. The molecular formula is C51H86O6. The first-order valence-electron chi connectivity index (χ1n) is 23.5. The van der Waals surface area contributed by atoms with Crippen LogP contribution in [0.1, 0.15) is 213 Å². The molecule has 326 valence electrons. The number of rotatable bonds is 41. The summed E-state index contributed by atoms with van der Waals surface area (Å²) in [6, 6.07) is 0. The third-order valence-electron chi connectivity index (χ3n) is 9.69. The van der Waals surface area contributed by atoms with E-state index in [-0.39, 0.29) is 37.5 Å². The van der Waals surface area contributed by atoms with Crippen molar-refractivity contribution in [1.29, 1.82) is 0 Å². The fraction of sp³-hybridized carbons (Fsp3) is 0.706. The Morgan fingerprint density at radius 1 is 0.386 bits per heavy atom. The summed E-state index contributed by atoms with van der Waals surface area (Å²) < 4.78 is 16.6. The Labute approximate surface area is 351 Å². The minimum atomic E-state index is -0.811. The molecule has 0 bridgehead atoms. The Bertz CT molecular complexity index is 1100. The Morgan fingerprint density at radius 2 is 0.772 bits per heavy atom. The van der Waals surface area contributed by atoms with Crippen molar-refractivity contribution in [3.63, 3.8) is 0 Å². The molecule has 0 spiro atoms. The van der Waals surface area contributed by atoms with Gasteiger partial charge in [0.05, 0.1) is 0 Å². The second-order valence-corrected chi connectivity index (χ2v) is 15.3. The number of carbonyl (C=O) groups excluding carboxylic acids is 3. The number of esters is 3. The fourth-order valence-electron chi connectivity index (χ4n) is 6.14. The summed E-state index contributed by atoms with van der Waals surface area (Å²) in [4.78, 5) is 37.7. The van der Waals surface area contributed by atoms with E-state index >= 15 is 0 Å². The van der Waals surface area contributed by atoms with Crippen molar-refractivity contribution >= 4 is 17.9 Å². The number of hydrogen-bond acceptors (Lipinski definition) is 6. The van der Waals surface area contributed by atoms with Gasteiger partial charge in [-0.2, -0.15) is 0 Å². The van der Waals surface area contributed by atoms with E-state index in [2.05, 4.69) is 93.7 Å². The average molecular weight is 795 g/mol. The molecule has 1 atom stereocenters. The average Bonchev–Trinajstić information content (AvgIpc) is 3.21. The van der Waals surface area contributed by atoms with E-state index in [4.69, 9.17) is 14.2 Å². The standard InChI is InChI=1S/C51H86O6/c1-4-7-10-13-16-19-22-23-24-25-26-27-30-32-35-38-41-44-50(53)56-47-48(57-51(54)45-42-39-36-33-29-21-18-15-12-9-6-3)46-55-49(52)43-40-37-34-31-28-20-17-14-11-8-5-2/h9,12,14,17-18,20-21,23-24,28,33,36,48H,4-8,10-11,13,15-16,19,22,25-27,29-32,34-35,37-47H2,1-3H3/b12-9-,17-14-,21-18-,24-23-,28-20-,36-33-. The number of hydrogen-bond donors (Lipinski definition) is 0. The van der Waals surface area contributed by atoms with Crippen molar-refractivity contribution in [3.05, 3.63) is 72.9 Å². The number of unbranched alkanes of at least 4 members (excludes halogenated alkanes) is 19. The summed E-state index contributed by atoms with van der Waals surface area (Å²) in [7, 11) is 0. The molecule has 0 saturated heterocycles. The smallest absolute Gasteiger partial charge is 0.306 e. The van der Waals surface area contributed by atoms with Gasteiger partial charge in [-0.05, 0) is 89.9 Å². The summed E-state index contributed by atoms with van der Waals surface area (Å²) in [5.74, 6) is -1.00. The third kappa shape index (κ3) is 43.8. The van der Waals surface area contributed by atoms with Gasteiger partial charge in [0.2, 0.25) is 0 Å². The van der Waals surface area contributed by atoms with E-state index in [0.29, 0.717) is 19.3 Å². The van der Waals surface area contributed by atoms with Crippen molar-refractivity contribution < 1.29 is 28.6 Å². The molecule has 0 aliphatic heterocycles. The van der Waals surface area contributed by atoms with E-state index in [9.17, 15) is 14.4 Å². The summed E-state index contributed by atoms with van der Waals surface area (Å²) >= 11 is 0. The van der Waals surface area contributed by atoms with E-state index in [1.165, 1.54) is 89.9 Å². The SMILES string of the molecule is CC/C=C\C/C=C\C/C=C\CCCC(=O)OC(COC(=O)CCCCC/C=C\C=C/CCCC)COC(=O)CCCCCCCCC/C=C\CCCCCCCC. The molecule has 0 rings (SSSR count). The quantitative estimate of drug-likeness (QED) is 0.0202. The predicted octanol–water partition coefficient (Wildman–Crippen LogP) is 15.1. The Balaban J connectivity index is 4.42. The number of carbonyl (C=O) groups is 3. The van der Waals surface area contributed by atoms with Gasteiger partial charge in [0.15, 0.2) is 6.10 Å². The highest BCUT2D eigenvalue weighted by molar-refractivity contribution is 5.71. The lowest BCUT2D eigenvalue weighted by Crippen LogP contribution is -2.30. The minimum Gasteiger partial charge on any atom is -0.462 e. The lowest BCUT2D eigenvalue weighted by molar-refractivity contribution is -0.167. The number of allylic oxidation sites excluding steroid dienone is 12. The van der Waals surface area contributed by atoms with E-state index < -0.39 is 6.10 Å². The highest BCUT2D eigenvalue weighted by atomic mass is 16.6. The lowest BCUT2D eigenvalue weighted by Gasteiger charge is -2.18. The van der Waals surface area contributed by atoms with Crippen LogP contribution in [0.25, 0.3) is 0 Å². The van der Waals surface area contributed by atoms with Crippen LogP contribution in [0.4, 0.5) is 0 Å². The van der Waals surface area contributed by atoms with Gasteiger partial charge in [0.1, 0.15) is 13.2 Å². The van der Waals surface area contributed by atoms with Gasteiger partial charge in [-0.1, -0.05) is 177 Å². The first-order valence-corrected chi connectivity index (χ1v) is 23.5. The van der Waals surface area contributed by atoms with Crippen LogP contribution in [0.5, 0.6) is 0 Å². The van der Waals surface area contributed by atoms with Crippen molar-refractivity contribution in [2.24, 2.45) is 0 Å². The molecular weight excluding hydrogens is 709 g/mol. The van der Waals surface area contributed by atoms with Crippen molar-refractivity contribution in [1.82, 2.24) is 0 Å². The molecule has 0 aromatic heterocycles. The highest BCUT2D eigenvalue weighted by Gasteiger charge is 2.19. The zero-order chi connectivity index (χ0) is 41.5. The van der Waals surface area contributed by atoms with Gasteiger partial charge in [-0.25, -0.2) is 0 Å². The molecule has 0 radical (unpaired) electrons. The molecule has 0 fully saturated rings. The molecule has 0 saturated carbocycles. The topological polar surface area (TPSA) is 78.9 Å². The van der Waals surface area contributed by atoms with Crippen molar-refractivity contribution in [3.8, 4) is 0 Å². The van der Waals surface area contributed by atoms with Gasteiger partial charge >= 0.3 is 17.9 Å². The maximum atomic E-state index is 12.7. The van der Waals surface area contributed by atoms with E-state index in [0.717, 1.165) is 77.0 Å². The molecule has 0 aliphatic carbocycles. The van der Waals surface area contributed by atoms with Crippen LogP contribution in [0, 0.1) is 0 Å². The summed E-state index contributed by atoms with van der Waals surface area (Å²) in [6.45, 7) is 6.37. The molecule has 6 nitrogen and oxygen atoms in total. The Hall–Kier alpha value is -3.15. The first-order chi connectivity index (χ1) is 28.0. The molecule has 0 heterocycles. The lowest BCUT2D eigenvalue weighted by atomic mass is 10.1. The van der Waals surface area contributed by atoms with Crippen molar-refractivity contribution in [2.45, 2.75) is 219 Å². The Kier molecular flexibility index (Phi) is 43.0. The Morgan fingerprint density at radius 3 is 1.32 bits per heavy atom. The molecule has 0 aromatic rings. The van der Waals surface area contributed by atoms with Crippen molar-refractivity contribution in [2.75, 3.05) is 13.2 Å². The van der Waals surface area contributed by atoms with Crippen LogP contribution >= 0.6 is 0 Å². The van der Waals surface area contributed by atoms with Gasteiger partial charge < -0.3 is 14.2 Å². The second kappa shape index (κ2) is 45.6. The molecule has 0 N–H and O–H groups in total. The molecule has 0 aliphatic rings. The van der Waals surface area contributed by atoms with Gasteiger partial charge in [0, 0.05) is 19.3 Å². The van der Waals surface area contributed by atoms with Gasteiger partial charge in [-0.3, -0.25) is 14.4 Å². The number of ether oxygens (including phenoxy) is 3. The predicted molar refractivity (Wildman–Crippen MR) is 242 cm³/mol. The van der Waals surface area contributed by atoms with E-state index in [1.54, 1.807) is 0 Å². The van der Waals surface area contributed by atoms with Crippen LogP contribution < -0.4 is 0 Å². The molecule has 0 amide bonds. The minimum absolute atomic E-state index is 0.107. The van der Waals surface area contributed by atoms with Crippen LogP contribution in [0.2, 0.25) is 0 Å². The first kappa shape index (κ1) is 53.9. The third-order valence-corrected chi connectivity index (χ3v) is 9.69. The largest absolute Gasteiger partial charge is 0.462 e. The van der Waals surface area contributed by atoms with Crippen LogP contribution in [0.15, 0.2) is 72.9 Å². The zero-order valence-corrected chi connectivity index (χ0v) is 37.1. The summed E-state index contributed by atoms with van der Waals surface area (Å²) in [6.07, 6.45) is 56.1. The fourth-order valence-corrected chi connectivity index (χ4v) is 6.14. The summed E-state index contributed by atoms with van der Waals surface area (Å²) in [5, 5.41) is 0. The van der Waals surface area contributed by atoms with Gasteiger partial charge in [0.25, 0.3) is 0 Å².